The number of rotatable bonds is 9. The standard InChI is InChI=1S/C16H26N2OSi/c1-20(2,3)18(15-16-11-7-6-8-12-16)17-13-9-4-5-10-14-19/h6-8,11-14H,4-5,9-10,15H2,1-3H3. The largest absolute Gasteiger partial charge is 0.321 e. The molecule has 0 bridgehead atoms. The first-order chi connectivity index (χ1) is 9.54. The Morgan fingerprint density at radius 1 is 1.10 bits per heavy atom. The highest BCUT2D eigenvalue weighted by atomic mass is 28.3. The number of carbonyl (C=O) groups is 1. The molecule has 0 atom stereocenters. The van der Waals surface area contributed by atoms with E-state index in [4.69, 9.17) is 0 Å². The third kappa shape index (κ3) is 6.66. The molecule has 0 heterocycles. The minimum Gasteiger partial charge on any atom is -0.321 e. The highest BCUT2D eigenvalue weighted by Crippen LogP contribution is 2.14. The lowest BCUT2D eigenvalue weighted by Crippen LogP contribution is -2.41. The molecule has 0 N–H and O–H groups in total. The van der Waals surface area contributed by atoms with E-state index in [0.29, 0.717) is 6.42 Å². The Bertz CT molecular complexity index is 412. The quantitative estimate of drug-likeness (QED) is 0.226. The summed E-state index contributed by atoms with van der Waals surface area (Å²) >= 11 is 0. The topological polar surface area (TPSA) is 32.7 Å². The zero-order valence-electron chi connectivity index (χ0n) is 12.9. The molecule has 20 heavy (non-hydrogen) atoms. The molecule has 4 heteroatoms. The molecule has 1 aromatic carbocycles. The SMILES string of the molecule is C[Si](C)(C)N(Cc1ccccc1)N=CCCCCC=O. The summed E-state index contributed by atoms with van der Waals surface area (Å²) in [5.74, 6) is 0. The van der Waals surface area contributed by atoms with Crippen LogP contribution >= 0.6 is 0 Å². The first-order valence-corrected chi connectivity index (χ1v) is 10.8. The molecule has 0 aromatic heterocycles. The van der Waals surface area contributed by atoms with Gasteiger partial charge in [-0.3, -0.25) is 0 Å². The van der Waals surface area contributed by atoms with E-state index in [9.17, 15) is 4.79 Å². The van der Waals surface area contributed by atoms with Gasteiger partial charge in [0.25, 0.3) is 0 Å². The predicted molar refractivity (Wildman–Crippen MR) is 88.4 cm³/mol. The third-order valence-corrected chi connectivity index (χ3v) is 4.90. The van der Waals surface area contributed by atoms with Crippen LogP contribution in [0.25, 0.3) is 0 Å². The first kappa shape index (κ1) is 16.6. The number of benzene rings is 1. The second-order valence-electron chi connectivity index (χ2n) is 5.96. The van der Waals surface area contributed by atoms with Crippen molar-refractivity contribution in [3.05, 3.63) is 35.9 Å². The second kappa shape index (κ2) is 8.69. The van der Waals surface area contributed by atoms with Gasteiger partial charge in [-0.1, -0.05) is 50.0 Å². The molecule has 1 rings (SSSR count). The fraction of sp³-hybridized carbons (Fsp3) is 0.500. The van der Waals surface area contributed by atoms with E-state index in [1.54, 1.807) is 0 Å². The lowest BCUT2D eigenvalue weighted by atomic mass is 10.2. The Morgan fingerprint density at radius 2 is 1.75 bits per heavy atom. The van der Waals surface area contributed by atoms with Gasteiger partial charge < -0.3 is 9.47 Å². The van der Waals surface area contributed by atoms with Crippen molar-refractivity contribution >= 4 is 20.7 Å². The molecule has 110 valence electrons. The lowest BCUT2D eigenvalue weighted by Gasteiger charge is -2.31. The Morgan fingerprint density at radius 3 is 2.35 bits per heavy atom. The first-order valence-electron chi connectivity index (χ1n) is 7.31. The summed E-state index contributed by atoms with van der Waals surface area (Å²) in [6, 6.07) is 10.5. The van der Waals surface area contributed by atoms with Gasteiger partial charge in [-0.2, -0.15) is 5.10 Å². The van der Waals surface area contributed by atoms with Crippen LogP contribution in [0, 0.1) is 0 Å². The van der Waals surface area contributed by atoms with Crippen molar-refractivity contribution in [2.75, 3.05) is 0 Å². The number of nitrogens with zero attached hydrogens (tertiary/aromatic N) is 2. The molecule has 0 fully saturated rings. The molecule has 0 spiro atoms. The van der Waals surface area contributed by atoms with Crippen LogP contribution in [0.15, 0.2) is 35.4 Å². The van der Waals surface area contributed by atoms with Gasteiger partial charge in [0.15, 0.2) is 8.24 Å². The molecule has 0 amide bonds. The van der Waals surface area contributed by atoms with E-state index >= 15 is 0 Å². The average molecular weight is 290 g/mol. The predicted octanol–water partition coefficient (Wildman–Crippen LogP) is 4.07. The van der Waals surface area contributed by atoms with Crippen LogP contribution < -0.4 is 0 Å². The molecular weight excluding hydrogens is 264 g/mol. The molecule has 0 unspecified atom stereocenters. The van der Waals surface area contributed by atoms with Crippen molar-refractivity contribution in [2.24, 2.45) is 5.10 Å². The summed E-state index contributed by atoms with van der Waals surface area (Å²) in [5.41, 5.74) is 1.30. The third-order valence-electron chi connectivity index (χ3n) is 3.08. The number of hydrogen-bond acceptors (Lipinski definition) is 3. The molecule has 0 saturated heterocycles. The monoisotopic (exact) mass is 290 g/mol. The molecule has 0 aliphatic heterocycles. The van der Waals surface area contributed by atoms with Crippen LogP contribution in [0.4, 0.5) is 0 Å². The van der Waals surface area contributed by atoms with E-state index in [-0.39, 0.29) is 0 Å². The summed E-state index contributed by atoms with van der Waals surface area (Å²) in [5, 5.41) is 4.67. The van der Waals surface area contributed by atoms with E-state index in [0.717, 1.165) is 32.1 Å². The van der Waals surface area contributed by atoms with Crippen molar-refractivity contribution in [1.29, 1.82) is 0 Å². The van der Waals surface area contributed by atoms with Gasteiger partial charge in [0.05, 0.1) is 6.54 Å². The number of hydrazone groups is 1. The molecule has 0 saturated carbocycles. The van der Waals surface area contributed by atoms with Gasteiger partial charge in [-0.25, -0.2) is 0 Å². The van der Waals surface area contributed by atoms with E-state index in [1.165, 1.54) is 5.56 Å². The summed E-state index contributed by atoms with van der Waals surface area (Å²) in [7, 11) is -1.47. The summed E-state index contributed by atoms with van der Waals surface area (Å²) < 4.78 is 2.25. The molecular formula is C16H26N2OSi. The number of carbonyl (C=O) groups excluding carboxylic acids is 1. The number of aldehydes is 1. The van der Waals surface area contributed by atoms with Crippen LogP contribution in [-0.2, 0) is 11.3 Å². The summed E-state index contributed by atoms with van der Waals surface area (Å²) in [6.07, 6.45) is 6.60. The van der Waals surface area contributed by atoms with Gasteiger partial charge in [0.1, 0.15) is 6.29 Å². The number of hydrogen-bond donors (Lipinski definition) is 0. The van der Waals surface area contributed by atoms with Crippen LogP contribution in [0.5, 0.6) is 0 Å². The fourth-order valence-corrected chi connectivity index (χ4v) is 2.91. The molecule has 0 aliphatic carbocycles. The van der Waals surface area contributed by atoms with E-state index < -0.39 is 8.24 Å². The highest BCUT2D eigenvalue weighted by Gasteiger charge is 2.22. The maximum Gasteiger partial charge on any atom is 0.169 e. The normalized spacial score (nSPS) is 11.8. The van der Waals surface area contributed by atoms with Crippen molar-refractivity contribution in [1.82, 2.24) is 4.67 Å². The van der Waals surface area contributed by atoms with Crippen molar-refractivity contribution < 1.29 is 4.79 Å². The molecule has 0 aliphatic rings. The molecule has 0 radical (unpaired) electrons. The van der Waals surface area contributed by atoms with Crippen molar-refractivity contribution in [3.8, 4) is 0 Å². The Hall–Kier alpha value is -1.42. The highest BCUT2D eigenvalue weighted by molar-refractivity contribution is 6.73. The zero-order chi connectivity index (χ0) is 14.8. The minimum atomic E-state index is -1.47. The van der Waals surface area contributed by atoms with Gasteiger partial charge in [0, 0.05) is 12.6 Å². The van der Waals surface area contributed by atoms with Gasteiger partial charge >= 0.3 is 0 Å². The van der Waals surface area contributed by atoms with E-state index in [2.05, 4.69) is 53.7 Å². The maximum atomic E-state index is 10.2. The van der Waals surface area contributed by atoms with Crippen molar-refractivity contribution in [3.63, 3.8) is 0 Å². The van der Waals surface area contributed by atoms with E-state index in [1.807, 2.05) is 12.3 Å². The average Bonchev–Trinajstić information content (AvgIpc) is 2.41. The Kier molecular flexibility index (Phi) is 7.23. The summed E-state index contributed by atoms with van der Waals surface area (Å²) in [6.45, 7) is 7.79. The lowest BCUT2D eigenvalue weighted by molar-refractivity contribution is -0.107. The van der Waals surface area contributed by atoms with Gasteiger partial charge in [-0.05, 0) is 24.8 Å². The smallest absolute Gasteiger partial charge is 0.169 e. The second-order valence-corrected chi connectivity index (χ2v) is 10.8. The Balaban J connectivity index is 2.53. The minimum absolute atomic E-state index is 0.662. The zero-order valence-corrected chi connectivity index (χ0v) is 13.9. The van der Waals surface area contributed by atoms with Gasteiger partial charge in [0.2, 0.25) is 0 Å². The van der Waals surface area contributed by atoms with Crippen LogP contribution in [0.1, 0.15) is 31.2 Å². The summed E-state index contributed by atoms with van der Waals surface area (Å²) in [4.78, 5) is 10.2. The van der Waals surface area contributed by atoms with Crippen LogP contribution in [0.3, 0.4) is 0 Å². The Labute approximate surface area is 123 Å². The fourth-order valence-electron chi connectivity index (χ4n) is 1.83. The van der Waals surface area contributed by atoms with Crippen LogP contribution in [-0.4, -0.2) is 25.4 Å². The van der Waals surface area contributed by atoms with Crippen LogP contribution in [0.2, 0.25) is 19.6 Å². The number of unbranched alkanes of at least 4 members (excludes halogenated alkanes) is 3. The molecule has 1 aromatic rings. The molecule has 3 nitrogen and oxygen atoms in total. The van der Waals surface area contributed by atoms with Crippen molar-refractivity contribution in [2.45, 2.75) is 51.9 Å². The maximum absolute atomic E-state index is 10.2. The van der Waals surface area contributed by atoms with Gasteiger partial charge in [-0.15, -0.1) is 0 Å².